The van der Waals surface area contributed by atoms with Crippen molar-refractivity contribution in [2.45, 2.75) is 58.4 Å². The predicted molar refractivity (Wildman–Crippen MR) is 76.0 cm³/mol. The average molecular weight is 248 g/mol. The summed E-state index contributed by atoms with van der Waals surface area (Å²) in [6.45, 7) is 5.37. The Hall–Kier alpha value is -0.340. The van der Waals surface area contributed by atoms with Crippen LogP contribution in [0.25, 0.3) is 0 Å². The lowest BCUT2D eigenvalue weighted by atomic mass is 9.58. The summed E-state index contributed by atoms with van der Waals surface area (Å²) in [5.74, 6) is 2.53. The number of hydrogen-bond acceptors (Lipinski definition) is 2. The Labute approximate surface area is 111 Å². The van der Waals surface area contributed by atoms with Gasteiger partial charge in [-0.15, -0.1) is 0 Å². The molecule has 0 aromatic heterocycles. The second-order valence-electron chi connectivity index (χ2n) is 6.85. The zero-order valence-electron chi connectivity index (χ0n) is 11.9. The van der Waals surface area contributed by atoms with Crippen LogP contribution in [0.1, 0.15) is 52.4 Å². The molecule has 3 saturated carbocycles. The summed E-state index contributed by atoms with van der Waals surface area (Å²) in [5.41, 5.74) is 16.1. The van der Waals surface area contributed by atoms with E-state index < -0.39 is 0 Å². The summed E-state index contributed by atoms with van der Waals surface area (Å²) >= 11 is 0. The highest BCUT2D eigenvalue weighted by Crippen LogP contribution is 2.76. The van der Waals surface area contributed by atoms with Gasteiger partial charge in [0, 0.05) is 11.5 Å². The van der Waals surface area contributed by atoms with Gasteiger partial charge < -0.3 is 11.5 Å². The second kappa shape index (κ2) is 4.35. The summed E-state index contributed by atoms with van der Waals surface area (Å²) in [6.07, 6.45) is 8.14. The molecule has 4 N–H and O–H groups in total. The third-order valence-corrected chi connectivity index (χ3v) is 5.80. The predicted octanol–water partition coefficient (Wildman–Crippen LogP) is 2.83. The average Bonchev–Trinajstić information content (AvgIpc) is 3.18. The maximum Gasteiger partial charge on any atom is 0.0311 e. The van der Waals surface area contributed by atoms with E-state index in [0.29, 0.717) is 11.3 Å². The van der Waals surface area contributed by atoms with Crippen LogP contribution in [0, 0.1) is 23.2 Å². The highest BCUT2D eigenvalue weighted by atomic mass is 14.9. The molecule has 2 heteroatoms. The van der Waals surface area contributed by atoms with Crippen LogP contribution >= 0.6 is 0 Å². The lowest BCUT2D eigenvalue weighted by molar-refractivity contribution is 0.185. The monoisotopic (exact) mass is 248 g/mol. The third kappa shape index (κ3) is 1.61. The Morgan fingerprint density at radius 2 is 2.11 bits per heavy atom. The lowest BCUT2D eigenvalue weighted by Gasteiger charge is -2.49. The number of nitrogens with two attached hydrogens (primary N) is 2. The normalized spacial score (nSPS) is 45.0. The van der Waals surface area contributed by atoms with Crippen molar-refractivity contribution in [1.29, 1.82) is 0 Å². The van der Waals surface area contributed by atoms with Gasteiger partial charge in [-0.05, 0) is 68.9 Å². The first kappa shape index (κ1) is 12.7. The highest BCUT2D eigenvalue weighted by molar-refractivity contribution is 5.45. The topological polar surface area (TPSA) is 52.0 Å². The number of hydrogen-bond donors (Lipinski definition) is 2. The SMILES string of the molecule is CCCC/C(C)=C1/[C@@H](N)C(CN)[C@@]12CC2C1CC1. The van der Waals surface area contributed by atoms with E-state index in [9.17, 15) is 0 Å². The zero-order chi connectivity index (χ0) is 12.9. The molecule has 0 bridgehead atoms. The summed E-state index contributed by atoms with van der Waals surface area (Å²) < 4.78 is 0. The van der Waals surface area contributed by atoms with Crippen molar-refractivity contribution < 1.29 is 0 Å². The standard InChI is InChI=1S/C16H28N2/c1-3-4-5-10(2)14-15(18)13(9-17)16(14)8-12(16)11-6-7-11/h11-13,15H,3-9,17-18H2,1-2H3/b14-10-/t12?,13?,15-,16-/m0/s1. The summed E-state index contributed by atoms with van der Waals surface area (Å²) in [4.78, 5) is 0. The van der Waals surface area contributed by atoms with Gasteiger partial charge >= 0.3 is 0 Å². The molecule has 0 radical (unpaired) electrons. The number of rotatable bonds is 5. The lowest BCUT2D eigenvalue weighted by Crippen LogP contribution is -2.56. The molecule has 0 heterocycles. The van der Waals surface area contributed by atoms with Crippen LogP contribution in [-0.2, 0) is 0 Å². The van der Waals surface area contributed by atoms with E-state index in [2.05, 4.69) is 13.8 Å². The number of allylic oxidation sites excluding steroid dienone is 1. The first-order chi connectivity index (χ1) is 8.66. The minimum absolute atomic E-state index is 0.274. The van der Waals surface area contributed by atoms with Crippen LogP contribution in [-0.4, -0.2) is 12.6 Å². The van der Waals surface area contributed by atoms with Crippen LogP contribution < -0.4 is 11.5 Å². The fourth-order valence-corrected chi connectivity index (χ4v) is 4.68. The molecule has 0 aliphatic heterocycles. The fraction of sp³-hybridized carbons (Fsp3) is 0.875. The van der Waals surface area contributed by atoms with Crippen molar-refractivity contribution in [2.24, 2.45) is 34.6 Å². The van der Waals surface area contributed by atoms with E-state index >= 15 is 0 Å². The smallest absolute Gasteiger partial charge is 0.0311 e. The Bertz CT molecular complexity index is 369. The Morgan fingerprint density at radius 1 is 1.39 bits per heavy atom. The minimum Gasteiger partial charge on any atom is -0.330 e. The van der Waals surface area contributed by atoms with Crippen molar-refractivity contribution in [3.05, 3.63) is 11.1 Å². The quantitative estimate of drug-likeness (QED) is 0.735. The Kier molecular flexibility index (Phi) is 3.06. The second-order valence-corrected chi connectivity index (χ2v) is 6.85. The molecule has 3 aliphatic rings. The molecule has 1 spiro atoms. The third-order valence-electron chi connectivity index (χ3n) is 5.80. The van der Waals surface area contributed by atoms with E-state index in [1.807, 2.05) is 0 Å². The molecule has 18 heavy (non-hydrogen) atoms. The van der Waals surface area contributed by atoms with Crippen LogP contribution in [0.4, 0.5) is 0 Å². The molecular weight excluding hydrogens is 220 g/mol. The van der Waals surface area contributed by atoms with Crippen molar-refractivity contribution in [3.63, 3.8) is 0 Å². The molecule has 3 aliphatic carbocycles. The van der Waals surface area contributed by atoms with Crippen molar-refractivity contribution >= 4 is 0 Å². The van der Waals surface area contributed by atoms with Crippen molar-refractivity contribution in [2.75, 3.05) is 6.54 Å². The minimum atomic E-state index is 0.274. The zero-order valence-corrected chi connectivity index (χ0v) is 11.9. The van der Waals surface area contributed by atoms with Gasteiger partial charge in [-0.1, -0.05) is 18.9 Å². The van der Waals surface area contributed by atoms with E-state index in [4.69, 9.17) is 11.5 Å². The molecule has 2 nitrogen and oxygen atoms in total. The molecule has 3 rings (SSSR count). The molecular formula is C16H28N2. The summed E-state index contributed by atoms with van der Waals surface area (Å²) in [7, 11) is 0. The molecule has 4 atom stereocenters. The van der Waals surface area contributed by atoms with Gasteiger partial charge in [0.25, 0.3) is 0 Å². The van der Waals surface area contributed by atoms with E-state index in [-0.39, 0.29) is 6.04 Å². The number of unbranched alkanes of at least 4 members (excludes halogenated alkanes) is 1. The van der Waals surface area contributed by atoms with Gasteiger partial charge in [0.2, 0.25) is 0 Å². The van der Waals surface area contributed by atoms with Crippen molar-refractivity contribution in [1.82, 2.24) is 0 Å². The van der Waals surface area contributed by atoms with E-state index in [1.54, 1.807) is 11.1 Å². The van der Waals surface area contributed by atoms with Gasteiger partial charge in [0.05, 0.1) is 0 Å². The first-order valence-corrected chi connectivity index (χ1v) is 7.82. The highest BCUT2D eigenvalue weighted by Gasteiger charge is 2.72. The Balaban J connectivity index is 1.80. The van der Waals surface area contributed by atoms with Gasteiger partial charge in [-0.3, -0.25) is 0 Å². The molecule has 0 aromatic rings. The first-order valence-electron chi connectivity index (χ1n) is 7.82. The molecule has 0 aromatic carbocycles. The van der Waals surface area contributed by atoms with Gasteiger partial charge in [0.1, 0.15) is 0 Å². The van der Waals surface area contributed by atoms with Crippen LogP contribution in [0.15, 0.2) is 11.1 Å². The van der Waals surface area contributed by atoms with Crippen LogP contribution in [0.5, 0.6) is 0 Å². The van der Waals surface area contributed by atoms with Gasteiger partial charge in [-0.2, -0.15) is 0 Å². The van der Waals surface area contributed by atoms with E-state index in [1.165, 1.54) is 38.5 Å². The maximum atomic E-state index is 6.41. The van der Waals surface area contributed by atoms with Gasteiger partial charge in [0.15, 0.2) is 0 Å². The summed E-state index contributed by atoms with van der Waals surface area (Å²) in [6, 6.07) is 0.274. The molecule has 2 unspecified atom stereocenters. The van der Waals surface area contributed by atoms with Crippen molar-refractivity contribution in [3.8, 4) is 0 Å². The molecule has 3 fully saturated rings. The van der Waals surface area contributed by atoms with Crippen LogP contribution in [0.3, 0.4) is 0 Å². The maximum absolute atomic E-state index is 6.41. The van der Waals surface area contributed by atoms with Gasteiger partial charge in [-0.25, -0.2) is 0 Å². The molecule has 0 amide bonds. The van der Waals surface area contributed by atoms with E-state index in [0.717, 1.165) is 18.4 Å². The largest absolute Gasteiger partial charge is 0.330 e. The Morgan fingerprint density at radius 3 is 2.67 bits per heavy atom. The fourth-order valence-electron chi connectivity index (χ4n) is 4.68. The summed E-state index contributed by atoms with van der Waals surface area (Å²) in [5, 5.41) is 0. The van der Waals surface area contributed by atoms with Crippen LogP contribution in [0.2, 0.25) is 0 Å². The molecule has 102 valence electrons. The molecule has 0 saturated heterocycles.